The van der Waals surface area contributed by atoms with Gasteiger partial charge in [-0.3, -0.25) is 0 Å². The van der Waals surface area contributed by atoms with Crippen LogP contribution in [0.2, 0.25) is 0 Å². The first-order chi connectivity index (χ1) is 6.59. The Labute approximate surface area is 85.7 Å². The zero-order valence-corrected chi connectivity index (χ0v) is 9.22. The van der Waals surface area contributed by atoms with Gasteiger partial charge in [0.15, 0.2) is 0 Å². The third-order valence-corrected chi connectivity index (χ3v) is 3.76. The maximum absolute atomic E-state index is 2.43. The highest BCUT2D eigenvalue weighted by Gasteiger charge is 2.39. The predicted octanol–water partition coefficient (Wildman–Crippen LogP) is 2.51. The van der Waals surface area contributed by atoms with E-state index in [9.17, 15) is 0 Å². The summed E-state index contributed by atoms with van der Waals surface area (Å²) in [6, 6.07) is 4.66. The Morgan fingerprint density at radius 3 is 2.64 bits per heavy atom. The van der Waals surface area contributed by atoms with Crippen LogP contribution in [0.1, 0.15) is 30.5 Å². The number of fused-ring (bicyclic) bond motifs is 3. The van der Waals surface area contributed by atoms with Crippen molar-refractivity contribution in [2.75, 3.05) is 18.5 Å². The summed E-state index contributed by atoms with van der Waals surface area (Å²) in [7, 11) is 2.22. The van der Waals surface area contributed by atoms with Crippen LogP contribution in [0.4, 0.5) is 5.69 Å². The second kappa shape index (κ2) is 2.33. The van der Waals surface area contributed by atoms with Crippen LogP contribution in [0.3, 0.4) is 0 Å². The van der Waals surface area contributed by atoms with Crippen molar-refractivity contribution in [3.05, 3.63) is 28.8 Å². The normalized spacial score (nSPS) is 21.5. The smallest absolute Gasteiger partial charge is 0.0437 e. The monoisotopic (exact) mass is 187 g/mol. The van der Waals surface area contributed by atoms with E-state index in [-0.39, 0.29) is 0 Å². The van der Waals surface area contributed by atoms with Crippen molar-refractivity contribution in [3.63, 3.8) is 0 Å². The summed E-state index contributed by atoms with van der Waals surface area (Å²) in [5.74, 6) is 0. The van der Waals surface area contributed by atoms with Crippen LogP contribution in [-0.2, 0) is 18.3 Å². The molecule has 0 fully saturated rings. The van der Waals surface area contributed by atoms with Crippen molar-refractivity contribution in [2.45, 2.75) is 32.1 Å². The topological polar surface area (TPSA) is 3.24 Å². The van der Waals surface area contributed by atoms with Crippen LogP contribution in [0.25, 0.3) is 0 Å². The van der Waals surface area contributed by atoms with Crippen LogP contribution in [0, 0.1) is 0 Å². The fourth-order valence-corrected chi connectivity index (χ4v) is 3.07. The maximum Gasteiger partial charge on any atom is 0.0437 e. The SMILES string of the molecule is CN1CCc2ccc3c(c21)C(C)(C)C3. The lowest BCUT2D eigenvalue weighted by molar-refractivity contribution is 0.456. The molecule has 0 atom stereocenters. The molecule has 0 bridgehead atoms. The zero-order valence-electron chi connectivity index (χ0n) is 9.22. The van der Waals surface area contributed by atoms with E-state index in [0.717, 1.165) is 0 Å². The fraction of sp³-hybridized carbons (Fsp3) is 0.538. The molecule has 0 N–H and O–H groups in total. The Balaban J connectivity index is 2.25. The molecule has 1 aromatic carbocycles. The van der Waals surface area contributed by atoms with Gasteiger partial charge >= 0.3 is 0 Å². The van der Waals surface area contributed by atoms with Gasteiger partial charge in [0.2, 0.25) is 0 Å². The Morgan fingerprint density at radius 2 is 1.93 bits per heavy atom. The van der Waals surface area contributed by atoms with E-state index in [2.05, 4.69) is 37.9 Å². The van der Waals surface area contributed by atoms with Gasteiger partial charge < -0.3 is 4.90 Å². The first-order valence-electron chi connectivity index (χ1n) is 5.46. The predicted molar refractivity (Wildman–Crippen MR) is 60.1 cm³/mol. The van der Waals surface area contributed by atoms with E-state index < -0.39 is 0 Å². The summed E-state index contributed by atoms with van der Waals surface area (Å²) in [6.07, 6.45) is 2.48. The van der Waals surface area contributed by atoms with Gasteiger partial charge in [-0.25, -0.2) is 0 Å². The third-order valence-electron chi connectivity index (χ3n) is 3.76. The number of likely N-dealkylation sites (N-methyl/N-ethyl adjacent to an activating group) is 1. The highest BCUT2D eigenvalue weighted by atomic mass is 15.1. The number of rotatable bonds is 0. The number of benzene rings is 1. The van der Waals surface area contributed by atoms with Crippen molar-refractivity contribution in [3.8, 4) is 0 Å². The van der Waals surface area contributed by atoms with Crippen LogP contribution in [0.5, 0.6) is 0 Å². The number of hydrogen-bond acceptors (Lipinski definition) is 1. The zero-order chi connectivity index (χ0) is 9.92. The lowest BCUT2D eigenvalue weighted by Gasteiger charge is -2.41. The van der Waals surface area contributed by atoms with Gasteiger partial charge in [0.25, 0.3) is 0 Å². The van der Waals surface area contributed by atoms with Crippen molar-refractivity contribution in [2.24, 2.45) is 0 Å². The van der Waals surface area contributed by atoms with Gasteiger partial charge in [-0.15, -0.1) is 0 Å². The molecule has 1 heterocycles. The highest BCUT2D eigenvalue weighted by molar-refractivity contribution is 5.70. The first kappa shape index (κ1) is 8.34. The Morgan fingerprint density at radius 1 is 1.21 bits per heavy atom. The van der Waals surface area contributed by atoms with Crippen molar-refractivity contribution in [1.82, 2.24) is 0 Å². The molecule has 2 aliphatic rings. The summed E-state index contributed by atoms with van der Waals surface area (Å²) < 4.78 is 0. The summed E-state index contributed by atoms with van der Waals surface area (Å²) in [6.45, 7) is 5.92. The van der Waals surface area contributed by atoms with E-state index in [4.69, 9.17) is 0 Å². The minimum atomic E-state index is 0.416. The lowest BCUT2D eigenvalue weighted by Crippen LogP contribution is -2.34. The number of anilines is 1. The summed E-state index contributed by atoms with van der Waals surface area (Å²) in [5, 5.41) is 0. The molecule has 0 aromatic heterocycles. The molecule has 0 radical (unpaired) electrons. The molecule has 74 valence electrons. The average molecular weight is 187 g/mol. The Hall–Kier alpha value is -0.980. The first-order valence-corrected chi connectivity index (χ1v) is 5.46. The molecule has 1 heteroatoms. The van der Waals surface area contributed by atoms with Gasteiger partial charge in [-0.05, 0) is 34.9 Å². The van der Waals surface area contributed by atoms with Gasteiger partial charge in [0.1, 0.15) is 0 Å². The molecule has 3 rings (SSSR count). The van der Waals surface area contributed by atoms with Gasteiger partial charge in [0, 0.05) is 19.3 Å². The molecular formula is C13H17N. The molecular weight excluding hydrogens is 170 g/mol. The van der Waals surface area contributed by atoms with Crippen LogP contribution in [0.15, 0.2) is 12.1 Å². The Bertz CT molecular complexity index is 404. The quantitative estimate of drug-likeness (QED) is 0.603. The van der Waals surface area contributed by atoms with E-state index in [0.29, 0.717) is 5.41 Å². The number of nitrogens with zero attached hydrogens (tertiary/aromatic N) is 1. The summed E-state index contributed by atoms with van der Waals surface area (Å²) in [5.41, 5.74) is 6.70. The van der Waals surface area contributed by atoms with E-state index in [1.807, 2.05) is 0 Å². The minimum Gasteiger partial charge on any atom is -0.374 e. The van der Waals surface area contributed by atoms with E-state index in [1.54, 1.807) is 22.4 Å². The van der Waals surface area contributed by atoms with Crippen LogP contribution in [-0.4, -0.2) is 13.6 Å². The molecule has 14 heavy (non-hydrogen) atoms. The van der Waals surface area contributed by atoms with Crippen molar-refractivity contribution in [1.29, 1.82) is 0 Å². The molecule has 0 saturated heterocycles. The van der Waals surface area contributed by atoms with Crippen LogP contribution < -0.4 is 4.90 Å². The molecule has 0 spiro atoms. The van der Waals surface area contributed by atoms with Crippen molar-refractivity contribution < 1.29 is 0 Å². The maximum atomic E-state index is 2.43. The Kier molecular flexibility index (Phi) is 1.39. The van der Waals surface area contributed by atoms with E-state index in [1.165, 1.54) is 19.4 Å². The molecule has 1 aliphatic carbocycles. The molecule has 0 unspecified atom stereocenters. The lowest BCUT2D eigenvalue weighted by atomic mass is 9.65. The van der Waals surface area contributed by atoms with Crippen LogP contribution >= 0.6 is 0 Å². The summed E-state index contributed by atoms with van der Waals surface area (Å²) >= 11 is 0. The minimum absolute atomic E-state index is 0.416. The van der Waals surface area contributed by atoms with Gasteiger partial charge in [-0.1, -0.05) is 26.0 Å². The molecule has 0 amide bonds. The molecule has 1 nitrogen and oxygen atoms in total. The second-order valence-electron chi connectivity index (χ2n) is 5.34. The van der Waals surface area contributed by atoms with Gasteiger partial charge in [0.05, 0.1) is 0 Å². The molecule has 1 aliphatic heterocycles. The highest BCUT2D eigenvalue weighted by Crippen LogP contribution is 2.48. The third kappa shape index (κ3) is 0.853. The standard InChI is InChI=1S/C13H17N/c1-13(2)8-10-5-4-9-6-7-14(3)12(9)11(10)13/h4-5H,6-8H2,1-3H3. The summed E-state index contributed by atoms with van der Waals surface area (Å²) in [4.78, 5) is 2.43. The molecule has 1 aromatic rings. The molecule has 0 saturated carbocycles. The largest absolute Gasteiger partial charge is 0.374 e. The second-order valence-corrected chi connectivity index (χ2v) is 5.34. The fourth-order valence-electron chi connectivity index (χ4n) is 3.07. The van der Waals surface area contributed by atoms with E-state index >= 15 is 0 Å². The van der Waals surface area contributed by atoms with Gasteiger partial charge in [-0.2, -0.15) is 0 Å². The van der Waals surface area contributed by atoms with Crippen molar-refractivity contribution >= 4 is 5.69 Å². The number of hydrogen-bond donors (Lipinski definition) is 0. The average Bonchev–Trinajstić information content (AvgIpc) is 2.45.